The van der Waals surface area contributed by atoms with Gasteiger partial charge in [-0.15, -0.1) is 0 Å². The maximum atomic E-state index is 14.9. The monoisotopic (exact) mass is 840 g/mol. The summed E-state index contributed by atoms with van der Waals surface area (Å²) in [5, 5.41) is 7.77. The van der Waals surface area contributed by atoms with Gasteiger partial charge in [0.05, 0.1) is 47.7 Å². The Kier molecular flexibility index (Phi) is 7.90. The Balaban J connectivity index is 1.00. The minimum Gasteiger partial charge on any atom is -0.497 e. The highest BCUT2D eigenvalue weighted by Gasteiger charge is 2.30. The van der Waals surface area contributed by atoms with Gasteiger partial charge in [0.25, 0.3) is 0 Å². The minimum absolute atomic E-state index is 0.0545. The van der Waals surface area contributed by atoms with Crippen molar-refractivity contribution in [3.8, 4) is 50.9 Å². The number of methoxy groups -OCH3 is 2. The summed E-state index contributed by atoms with van der Waals surface area (Å²) < 4.78 is 20.0. The molecule has 0 spiro atoms. The summed E-state index contributed by atoms with van der Waals surface area (Å²) in [7, 11) is 3.25. The Morgan fingerprint density at radius 2 is 0.923 bits per heavy atom. The number of hydrogen-bond donors (Lipinski definition) is 0. The van der Waals surface area contributed by atoms with Crippen LogP contribution in [0.15, 0.2) is 192 Å². The van der Waals surface area contributed by atoms with Crippen molar-refractivity contribution < 1.29 is 14.2 Å². The van der Waals surface area contributed by atoms with Crippen LogP contribution in [-0.2, 0) is 0 Å². The zero-order chi connectivity index (χ0) is 43.5. The first kappa shape index (κ1) is 36.9. The third-order valence-corrected chi connectivity index (χ3v) is 13.3. The second kappa shape index (κ2) is 13.9. The molecule has 0 N–H and O–H groups in total. The Morgan fingerprint density at radius 1 is 0.385 bits per heavy atom. The first-order valence-corrected chi connectivity index (χ1v) is 21.5. The van der Waals surface area contributed by atoms with Crippen LogP contribution in [0.25, 0.3) is 92.8 Å². The van der Waals surface area contributed by atoms with Crippen LogP contribution in [0.1, 0.15) is 0 Å². The topological polar surface area (TPSA) is 70.0 Å². The van der Waals surface area contributed by atoms with Gasteiger partial charge in [-0.1, -0.05) is 84.9 Å². The van der Waals surface area contributed by atoms with Crippen molar-refractivity contribution in [3.05, 3.63) is 202 Å². The van der Waals surface area contributed by atoms with Crippen LogP contribution >= 0.6 is 0 Å². The zero-order valence-electron chi connectivity index (χ0n) is 35.3. The van der Waals surface area contributed by atoms with E-state index in [1.165, 1.54) is 0 Å². The molecular formula is C58H36N2O5. The minimum atomic E-state index is -0.107. The smallest absolute Gasteiger partial charge is 0.196 e. The standard InChI is InChI=1S/C58H36N2O5/c1-63-38-19-26-52-50(31-38)60(51-32-39(64-2)20-27-53(51)65-52)49-15-9-14-41-55-43(58(62)56(41)49)23-22-42-54(55)40-21-16-35(30-46(40)57(42)61)36-18-25-48-45(29-36)44-28-34(33-10-5-3-6-11-33)17-24-47(44)59(48)37-12-7-4-8-13-37/h3-32H,1-2H3. The molecule has 1 aliphatic rings. The summed E-state index contributed by atoms with van der Waals surface area (Å²) in [6, 6.07) is 61.2. The second-order valence-corrected chi connectivity index (χ2v) is 16.6. The highest BCUT2D eigenvalue weighted by molar-refractivity contribution is 6.32. The summed E-state index contributed by atoms with van der Waals surface area (Å²) in [5.41, 5.74) is 9.54. The quantitative estimate of drug-likeness (QED) is 0.166. The lowest BCUT2D eigenvalue weighted by atomic mass is 9.99. The van der Waals surface area contributed by atoms with E-state index in [0.29, 0.717) is 50.2 Å². The molecule has 0 saturated carbocycles. The van der Waals surface area contributed by atoms with Crippen molar-refractivity contribution in [1.82, 2.24) is 4.57 Å². The van der Waals surface area contributed by atoms with E-state index in [4.69, 9.17) is 14.2 Å². The number of aromatic nitrogens is 1. The lowest BCUT2D eigenvalue weighted by Crippen LogP contribution is -2.17. The molecule has 0 unspecified atom stereocenters. The Hall–Kier alpha value is -8.68. The molecule has 7 nitrogen and oxygen atoms in total. The Morgan fingerprint density at radius 3 is 1.55 bits per heavy atom. The van der Waals surface area contributed by atoms with Crippen molar-refractivity contribution >= 4 is 82.0 Å². The van der Waals surface area contributed by atoms with Crippen LogP contribution in [0.5, 0.6) is 23.0 Å². The third-order valence-electron chi connectivity index (χ3n) is 13.3. The maximum absolute atomic E-state index is 14.9. The predicted molar refractivity (Wildman–Crippen MR) is 264 cm³/mol. The molecule has 0 aliphatic carbocycles. The lowest BCUT2D eigenvalue weighted by molar-refractivity contribution is 0.410. The van der Waals surface area contributed by atoms with E-state index in [0.717, 1.165) is 82.7 Å². The first-order chi connectivity index (χ1) is 32.0. The molecule has 7 heteroatoms. The molecule has 1 aromatic heterocycles. The van der Waals surface area contributed by atoms with Gasteiger partial charge < -0.3 is 23.7 Å². The second-order valence-electron chi connectivity index (χ2n) is 16.6. The summed E-state index contributed by atoms with van der Waals surface area (Å²) in [6.07, 6.45) is 0. The molecular weight excluding hydrogens is 805 g/mol. The highest BCUT2D eigenvalue weighted by atomic mass is 16.5. The summed E-state index contributed by atoms with van der Waals surface area (Å²) >= 11 is 0. The van der Waals surface area contributed by atoms with Crippen molar-refractivity contribution in [1.29, 1.82) is 0 Å². The van der Waals surface area contributed by atoms with Gasteiger partial charge in [0.15, 0.2) is 22.4 Å². The molecule has 13 rings (SSSR count). The number of hydrogen-bond acceptors (Lipinski definition) is 6. The van der Waals surface area contributed by atoms with E-state index in [1.807, 2.05) is 89.8 Å². The van der Waals surface area contributed by atoms with Crippen LogP contribution in [-0.4, -0.2) is 18.8 Å². The lowest BCUT2D eigenvalue weighted by Gasteiger charge is -2.33. The zero-order valence-corrected chi connectivity index (χ0v) is 35.3. The molecule has 0 fully saturated rings. The summed E-state index contributed by atoms with van der Waals surface area (Å²) in [4.78, 5) is 31.5. The molecule has 308 valence electrons. The van der Waals surface area contributed by atoms with Gasteiger partial charge in [0.1, 0.15) is 11.5 Å². The van der Waals surface area contributed by atoms with Crippen molar-refractivity contribution in [3.63, 3.8) is 0 Å². The van der Waals surface area contributed by atoms with E-state index < -0.39 is 0 Å². The number of fused-ring (bicyclic) bond motifs is 12. The number of nitrogens with zero attached hydrogens (tertiary/aromatic N) is 2. The molecule has 11 aromatic carbocycles. The largest absolute Gasteiger partial charge is 0.497 e. The van der Waals surface area contributed by atoms with Crippen LogP contribution in [0.2, 0.25) is 0 Å². The van der Waals surface area contributed by atoms with Crippen LogP contribution in [0.3, 0.4) is 0 Å². The Labute approximate surface area is 371 Å². The van der Waals surface area contributed by atoms with Crippen molar-refractivity contribution in [2.24, 2.45) is 0 Å². The number of rotatable bonds is 6. The van der Waals surface area contributed by atoms with Crippen molar-refractivity contribution in [2.45, 2.75) is 0 Å². The Bertz CT molecular complexity index is 4000. The van der Waals surface area contributed by atoms with Gasteiger partial charge in [-0.05, 0) is 118 Å². The number of para-hydroxylation sites is 1. The molecule has 0 saturated heterocycles. The van der Waals surface area contributed by atoms with Gasteiger partial charge in [0.2, 0.25) is 0 Å². The number of benzene rings is 9. The number of ether oxygens (including phenoxy) is 3. The van der Waals surface area contributed by atoms with E-state index in [1.54, 1.807) is 14.2 Å². The van der Waals surface area contributed by atoms with Gasteiger partial charge in [-0.25, -0.2) is 0 Å². The molecule has 2 heterocycles. The van der Waals surface area contributed by atoms with E-state index >= 15 is 0 Å². The molecule has 0 radical (unpaired) electrons. The first-order valence-electron chi connectivity index (χ1n) is 21.5. The third kappa shape index (κ3) is 5.36. The fourth-order valence-corrected chi connectivity index (χ4v) is 10.3. The maximum Gasteiger partial charge on any atom is 0.196 e. The molecule has 0 bridgehead atoms. The SMILES string of the molecule is COc1ccc2c(c1)N(c1cccc3c1c(=O)c1ccc4c(=O)c5cc(-c6ccc7c(c6)c6cc(-c8ccccc8)ccc6n7-c6ccccc6)ccc5c4c13)c1cc(OC)ccc1O2. The molecule has 65 heavy (non-hydrogen) atoms. The molecule has 12 aromatic rings. The normalized spacial score (nSPS) is 12.4. The predicted octanol–water partition coefficient (Wildman–Crippen LogP) is 13.9. The average molecular weight is 841 g/mol. The van der Waals surface area contributed by atoms with Crippen LogP contribution < -0.4 is 30.0 Å². The fourth-order valence-electron chi connectivity index (χ4n) is 10.3. The van der Waals surface area contributed by atoms with Crippen LogP contribution in [0.4, 0.5) is 17.1 Å². The fraction of sp³-hybridized carbons (Fsp3) is 0.0345. The molecule has 1 aliphatic heterocycles. The average Bonchev–Trinajstić information content (AvgIpc) is 3.96. The van der Waals surface area contributed by atoms with Gasteiger partial charge in [-0.3, -0.25) is 9.59 Å². The highest BCUT2D eigenvalue weighted by Crippen LogP contribution is 2.54. The van der Waals surface area contributed by atoms with Gasteiger partial charge in [0, 0.05) is 55.5 Å². The van der Waals surface area contributed by atoms with Crippen molar-refractivity contribution in [2.75, 3.05) is 19.1 Å². The van der Waals surface area contributed by atoms with Crippen LogP contribution in [0, 0.1) is 0 Å². The molecule has 0 atom stereocenters. The van der Waals surface area contributed by atoms with E-state index in [-0.39, 0.29) is 10.9 Å². The van der Waals surface area contributed by atoms with Gasteiger partial charge in [-0.2, -0.15) is 0 Å². The molecule has 0 amide bonds. The summed E-state index contributed by atoms with van der Waals surface area (Å²) in [6.45, 7) is 0. The van der Waals surface area contributed by atoms with E-state index in [2.05, 4.69) is 102 Å². The van der Waals surface area contributed by atoms with E-state index in [9.17, 15) is 9.59 Å². The summed E-state index contributed by atoms with van der Waals surface area (Å²) in [5.74, 6) is 2.54. The van der Waals surface area contributed by atoms with Gasteiger partial charge >= 0.3 is 0 Å². The number of anilines is 3.